The third-order valence-electron chi connectivity index (χ3n) is 4.94. The van der Waals surface area contributed by atoms with Crippen molar-refractivity contribution < 1.29 is 14.3 Å². The van der Waals surface area contributed by atoms with Crippen molar-refractivity contribution in [1.82, 2.24) is 4.90 Å². The number of ketones is 1. The number of carbonyl (C=O) groups excluding carboxylic acids is 2. The molecule has 1 heterocycles. The Hall–Kier alpha value is -2.37. The van der Waals surface area contributed by atoms with Crippen LogP contribution in [0, 0.1) is 0 Å². The Morgan fingerprint density at radius 3 is 2.19 bits per heavy atom. The molecule has 0 aliphatic carbocycles. The van der Waals surface area contributed by atoms with Gasteiger partial charge in [-0.3, -0.25) is 9.69 Å². The monoisotopic (exact) mass is 386 g/mol. The van der Waals surface area contributed by atoms with Crippen molar-refractivity contribution in [2.45, 2.75) is 13.0 Å². The number of Topliss-reactive ketones (excluding diaryl/α,β-unsaturated/α-hetero) is 1. The number of methoxy groups -OCH3 is 1. The first-order valence-corrected chi connectivity index (χ1v) is 9.31. The molecule has 5 nitrogen and oxygen atoms in total. The molecule has 1 aliphatic rings. The topological polar surface area (TPSA) is 49.9 Å². The second kappa shape index (κ2) is 8.55. The lowest BCUT2D eigenvalue weighted by molar-refractivity contribution is -0.147. The van der Waals surface area contributed by atoms with Crippen LogP contribution in [0.2, 0.25) is 5.02 Å². The first kappa shape index (κ1) is 19.4. The van der Waals surface area contributed by atoms with Crippen LogP contribution < -0.4 is 4.90 Å². The zero-order chi connectivity index (χ0) is 19.4. The maximum absolute atomic E-state index is 12.4. The van der Waals surface area contributed by atoms with Crippen LogP contribution in [0.4, 0.5) is 5.69 Å². The number of halogens is 1. The van der Waals surface area contributed by atoms with Gasteiger partial charge in [0.05, 0.1) is 7.11 Å². The lowest BCUT2D eigenvalue weighted by Gasteiger charge is -2.39. The number of anilines is 1. The number of esters is 1. The van der Waals surface area contributed by atoms with E-state index in [-0.39, 0.29) is 11.8 Å². The first-order valence-electron chi connectivity index (χ1n) is 8.93. The predicted molar refractivity (Wildman–Crippen MR) is 106 cm³/mol. The predicted octanol–water partition coefficient (Wildman–Crippen LogP) is 3.58. The minimum absolute atomic E-state index is 0.0621. The summed E-state index contributed by atoms with van der Waals surface area (Å²) in [4.78, 5) is 28.2. The van der Waals surface area contributed by atoms with Crippen LogP contribution in [-0.4, -0.2) is 49.9 Å². The van der Waals surface area contributed by atoms with Crippen LogP contribution >= 0.6 is 11.6 Å². The first-order chi connectivity index (χ1) is 13.0. The van der Waals surface area contributed by atoms with Gasteiger partial charge in [0.25, 0.3) is 0 Å². The number of carbonyl (C=O) groups is 2. The van der Waals surface area contributed by atoms with Gasteiger partial charge in [0.2, 0.25) is 0 Å². The Bertz CT molecular complexity index is 814. The Kier molecular flexibility index (Phi) is 6.14. The molecule has 1 fully saturated rings. The van der Waals surface area contributed by atoms with E-state index in [0.29, 0.717) is 23.7 Å². The molecule has 27 heavy (non-hydrogen) atoms. The van der Waals surface area contributed by atoms with Crippen molar-refractivity contribution in [3.05, 3.63) is 64.7 Å². The maximum Gasteiger partial charge on any atom is 0.327 e. The fourth-order valence-corrected chi connectivity index (χ4v) is 3.67. The highest BCUT2D eigenvalue weighted by Gasteiger charge is 2.32. The van der Waals surface area contributed by atoms with E-state index in [0.717, 1.165) is 24.3 Å². The van der Waals surface area contributed by atoms with E-state index in [1.165, 1.54) is 7.11 Å². The largest absolute Gasteiger partial charge is 0.468 e. The van der Waals surface area contributed by atoms with Crippen LogP contribution in [0.15, 0.2) is 48.5 Å². The summed E-state index contributed by atoms with van der Waals surface area (Å²) < 4.78 is 5.04. The van der Waals surface area contributed by atoms with Crippen molar-refractivity contribution in [2.24, 2.45) is 0 Å². The molecule has 0 spiro atoms. The Labute approximate surface area is 164 Å². The lowest BCUT2D eigenvalue weighted by atomic mass is 10.0. The smallest absolute Gasteiger partial charge is 0.327 e. The third kappa shape index (κ3) is 4.31. The normalized spacial score (nSPS) is 16.0. The molecule has 1 aliphatic heterocycles. The van der Waals surface area contributed by atoms with Gasteiger partial charge in [0.15, 0.2) is 5.78 Å². The average Bonchev–Trinajstić information content (AvgIpc) is 2.70. The van der Waals surface area contributed by atoms with Gasteiger partial charge in [-0.05, 0) is 42.8 Å². The van der Waals surface area contributed by atoms with Gasteiger partial charge in [0, 0.05) is 42.5 Å². The molecule has 1 atom stereocenters. The van der Waals surface area contributed by atoms with Gasteiger partial charge in [0.1, 0.15) is 6.04 Å². The highest BCUT2D eigenvalue weighted by atomic mass is 35.5. The number of ether oxygens (including phenoxy) is 1. The minimum Gasteiger partial charge on any atom is -0.468 e. The molecular formula is C21H23ClN2O3. The lowest BCUT2D eigenvalue weighted by Crippen LogP contribution is -2.49. The van der Waals surface area contributed by atoms with Gasteiger partial charge in [-0.15, -0.1) is 0 Å². The molecule has 1 saturated heterocycles. The van der Waals surface area contributed by atoms with Crippen LogP contribution in [0.5, 0.6) is 0 Å². The number of benzene rings is 2. The van der Waals surface area contributed by atoms with E-state index >= 15 is 0 Å². The quantitative estimate of drug-likeness (QED) is 0.580. The Morgan fingerprint density at radius 1 is 1.00 bits per heavy atom. The van der Waals surface area contributed by atoms with Crippen molar-refractivity contribution in [2.75, 3.05) is 38.2 Å². The summed E-state index contributed by atoms with van der Waals surface area (Å²) >= 11 is 6.33. The van der Waals surface area contributed by atoms with Crippen LogP contribution in [0.3, 0.4) is 0 Å². The molecule has 142 valence electrons. The van der Waals surface area contributed by atoms with E-state index in [4.69, 9.17) is 16.3 Å². The summed E-state index contributed by atoms with van der Waals surface area (Å²) in [5.41, 5.74) is 2.55. The summed E-state index contributed by atoms with van der Waals surface area (Å²) in [5.74, 6) is -0.241. The van der Waals surface area contributed by atoms with E-state index in [1.807, 2.05) is 42.5 Å². The van der Waals surface area contributed by atoms with Crippen molar-refractivity contribution in [3.8, 4) is 0 Å². The van der Waals surface area contributed by atoms with E-state index < -0.39 is 6.04 Å². The molecule has 6 heteroatoms. The molecule has 0 radical (unpaired) electrons. The van der Waals surface area contributed by atoms with Crippen molar-refractivity contribution in [1.29, 1.82) is 0 Å². The third-order valence-corrected chi connectivity index (χ3v) is 5.29. The zero-order valence-corrected chi connectivity index (χ0v) is 16.3. The average molecular weight is 387 g/mol. The molecule has 2 aromatic rings. The highest BCUT2D eigenvalue weighted by molar-refractivity contribution is 6.31. The maximum atomic E-state index is 12.4. The van der Waals surface area contributed by atoms with Crippen LogP contribution in [0.1, 0.15) is 28.9 Å². The number of nitrogens with zero attached hydrogens (tertiary/aromatic N) is 2. The molecule has 0 amide bonds. The summed E-state index contributed by atoms with van der Waals surface area (Å²) in [7, 11) is 1.40. The number of hydrogen-bond donors (Lipinski definition) is 0. The van der Waals surface area contributed by atoms with Crippen molar-refractivity contribution in [3.63, 3.8) is 0 Å². The summed E-state index contributed by atoms with van der Waals surface area (Å²) in [6.07, 6.45) is 0. The van der Waals surface area contributed by atoms with Gasteiger partial charge in [-0.1, -0.05) is 29.8 Å². The van der Waals surface area contributed by atoms with Crippen molar-refractivity contribution >= 4 is 29.0 Å². The molecule has 0 aromatic heterocycles. The Morgan fingerprint density at radius 2 is 1.63 bits per heavy atom. The fraction of sp³-hybridized carbons (Fsp3) is 0.333. The number of rotatable bonds is 5. The minimum atomic E-state index is -0.508. The SMILES string of the molecule is COC(=O)[C@H](c1ccccc1Cl)N1CCN(c2ccc(C(C)=O)cc2)CC1. The standard InChI is InChI=1S/C21H23ClN2O3/c1-15(25)16-7-9-17(10-8-16)23-11-13-24(14-12-23)20(21(26)27-2)18-5-3-4-6-19(18)22/h3-10,20H,11-14H2,1-2H3/t20-/m0/s1. The molecule has 0 N–H and O–H groups in total. The molecule has 3 rings (SSSR count). The number of hydrogen-bond acceptors (Lipinski definition) is 5. The summed E-state index contributed by atoms with van der Waals surface area (Å²) in [5, 5.41) is 0.565. The van der Waals surface area contributed by atoms with Crippen LogP contribution in [-0.2, 0) is 9.53 Å². The van der Waals surface area contributed by atoms with E-state index in [9.17, 15) is 9.59 Å². The van der Waals surface area contributed by atoms with Crippen LogP contribution in [0.25, 0.3) is 0 Å². The summed E-state index contributed by atoms with van der Waals surface area (Å²) in [6, 6.07) is 14.5. The van der Waals surface area contributed by atoms with E-state index in [2.05, 4.69) is 9.80 Å². The zero-order valence-electron chi connectivity index (χ0n) is 15.5. The van der Waals surface area contributed by atoms with Gasteiger partial charge in [-0.2, -0.15) is 0 Å². The molecule has 0 bridgehead atoms. The van der Waals surface area contributed by atoms with Gasteiger partial charge >= 0.3 is 5.97 Å². The van der Waals surface area contributed by atoms with Gasteiger partial charge < -0.3 is 9.64 Å². The highest BCUT2D eigenvalue weighted by Crippen LogP contribution is 2.30. The molecule has 0 saturated carbocycles. The molecular weight excluding hydrogens is 364 g/mol. The van der Waals surface area contributed by atoms with Gasteiger partial charge in [-0.25, -0.2) is 4.79 Å². The van der Waals surface area contributed by atoms with E-state index in [1.54, 1.807) is 13.0 Å². The molecule has 0 unspecified atom stereocenters. The fourth-order valence-electron chi connectivity index (χ4n) is 3.43. The second-order valence-electron chi connectivity index (χ2n) is 6.57. The summed E-state index contributed by atoms with van der Waals surface area (Å²) in [6.45, 7) is 4.53. The second-order valence-corrected chi connectivity index (χ2v) is 6.98. The molecule has 2 aromatic carbocycles. The number of piperazine rings is 1. The Balaban J connectivity index is 1.73.